The molecule has 0 radical (unpaired) electrons. The Balaban J connectivity index is 0.000000364. The second-order valence-electron chi connectivity index (χ2n) is 7.31. The number of fused-ring (bicyclic) bond motifs is 1. The Morgan fingerprint density at radius 3 is 2.40 bits per heavy atom. The quantitative estimate of drug-likeness (QED) is 0.386. The number of hydrogen-bond donors (Lipinski definition) is 2. The van der Waals surface area contributed by atoms with Gasteiger partial charge in [-0.1, -0.05) is 12.1 Å². The molecular weight excluding hydrogens is 463 g/mol. The van der Waals surface area contributed by atoms with Gasteiger partial charge in [0.05, 0.1) is 18.0 Å². The second kappa shape index (κ2) is 9.63. The summed E-state index contributed by atoms with van der Waals surface area (Å²) >= 11 is 0. The Labute approximate surface area is 196 Å². The third-order valence-electron chi connectivity index (χ3n) is 4.79. The first kappa shape index (κ1) is 23.4. The van der Waals surface area contributed by atoms with Gasteiger partial charge >= 0.3 is 12.1 Å². The number of carboxylic acid groups (broad SMARTS) is 1. The minimum atomic E-state index is -5.08. The summed E-state index contributed by atoms with van der Waals surface area (Å²) in [6.07, 6.45) is 6.03. The summed E-state index contributed by atoms with van der Waals surface area (Å²) in [7, 11) is 1.91. The Kier molecular flexibility index (Phi) is 6.44. The summed E-state index contributed by atoms with van der Waals surface area (Å²) in [5.74, 6) is -2.20. The van der Waals surface area contributed by atoms with Gasteiger partial charge in [-0.15, -0.1) is 0 Å². The second-order valence-corrected chi connectivity index (χ2v) is 7.31. The van der Waals surface area contributed by atoms with Gasteiger partial charge in [0.15, 0.2) is 0 Å². The zero-order valence-electron chi connectivity index (χ0n) is 18.2. The number of carbonyl (C=O) groups is 1. The highest BCUT2D eigenvalue weighted by Crippen LogP contribution is 2.24. The summed E-state index contributed by atoms with van der Waals surface area (Å²) in [6.45, 7) is 0. The largest absolute Gasteiger partial charge is 0.490 e. The van der Waals surface area contributed by atoms with Crippen LogP contribution in [0.25, 0.3) is 27.7 Å². The van der Waals surface area contributed by atoms with E-state index in [2.05, 4.69) is 37.5 Å². The van der Waals surface area contributed by atoms with E-state index >= 15 is 0 Å². The zero-order chi connectivity index (χ0) is 25.0. The number of halogens is 3. The lowest BCUT2D eigenvalue weighted by Crippen LogP contribution is -2.21. The Morgan fingerprint density at radius 1 is 1.06 bits per heavy atom. The third kappa shape index (κ3) is 5.79. The van der Waals surface area contributed by atoms with Gasteiger partial charge in [-0.2, -0.15) is 18.3 Å². The number of carboxylic acids is 1. The number of anilines is 2. The van der Waals surface area contributed by atoms with Crippen molar-refractivity contribution >= 4 is 28.5 Å². The molecule has 0 atom stereocenters. The molecule has 0 saturated carbocycles. The highest BCUT2D eigenvalue weighted by molar-refractivity contribution is 5.84. The van der Waals surface area contributed by atoms with Gasteiger partial charge < -0.3 is 15.0 Å². The molecule has 35 heavy (non-hydrogen) atoms. The van der Waals surface area contributed by atoms with Gasteiger partial charge in [-0.3, -0.25) is 4.68 Å². The van der Waals surface area contributed by atoms with E-state index in [-0.39, 0.29) is 0 Å². The van der Waals surface area contributed by atoms with Gasteiger partial charge in [0.2, 0.25) is 5.95 Å². The molecule has 0 spiro atoms. The lowest BCUT2D eigenvalue weighted by atomic mass is 10.1. The fourth-order valence-electron chi connectivity index (χ4n) is 3.09. The average molecular weight is 481 g/mol. The van der Waals surface area contributed by atoms with Crippen LogP contribution in [0.1, 0.15) is 0 Å². The van der Waals surface area contributed by atoms with Crippen molar-refractivity contribution in [3.05, 3.63) is 79.8 Å². The van der Waals surface area contributed by atoms with Crippen LogP contribution in [-0.2, 0) is 11.8 Å². The molecule has 0 unspecified atom stereocenters. The molecule has 0 aliphatic heterocycles. The predicted molar refractivity (Wildman–Crippen MR) is 122 cm³/mol. The zero-order valence-corrected chi connectivity index (χ0v) is 18.2. The number of alkyl halides is 3. The number of nitrogens with zero attached hydrogens (tertiary/aromatic N) is 6. The fourth-order valence-corrected chi connectivity index (χ4v) is 3.09. The molecule has 178 valence electrons. The van der Waals surface area contributed by atoms with E-state index in [9.17, 15) is 13.2 Å². The molecular formula is C23H18F3N7O2. The van der Waals surface area contributed by atoms with E-state index in [1.165, 1.54) is 0 Å². The van der Waals surface area contributed by atoms with Crippen LogP contribution in [-0.4, -0.2) is 46.6 Å². The number of hydrogen-bond acceptors (Lipinski definition) is 6. The van der Waals surface area contributed by atoms with E-state index in [0.29, 0.717) is 5.95 Å². The molecule has 2 N–H and O–H groups in total. The Bertz CT molecular complexity index is 1450. The van der Waals surface area contributed by atoms with Crippen molar-refractivity contribution in [2.45, 2.75) is 6.18 Å². The lowest BCUT2D eigenvalue weighted by molar-refractivity contribution is -0.192. The van der Waals surface area contributed by atoms with Crippen LogP contribution in [0.2, 0.25) is 0 Å². The maximum atomic E-state index is 10.6. The highest BCUT2D eigenvalue weighted by Gasteiger charge is 2.38. The number of benzene rings is 2. The van der Waals surface area contributed by atoms with Crippen LogP contribution in [0.4, 0.5) is 24.8 Å². The van der Waals surface area contributed by atoms with Crippen molar-refractivity contribution in [2.75, 3.05) is 5.32 Å². The van der Waals surface area contributed by atoms with Crippen molar-refractivity contribution in [3.63, 3.8) is 0 Å². The van der Waals surface area contributed by atoms with Crippen LogP contribution < -0.4 is 5.32 Å². The molecule has 0 bridgehead atoms. The van der Waals surface area contributed by atoms with Crippen molar-refractivity contribution in [2.24, 2.45) is 7.05 Å². The van der Waals surface area contributed by atoms with Gasteiger partial charge in [-0.05, 0) is 35.9 Å². The molecule has 0 aliphatic rings. The maximum absolute atomic E-state index is 10.6. The Morgan fingerprint density at radius 2 is 1.80 bits per heavy atom. The molecule has 9 nitrogen and oxygen atoms in total. The van der Waals surface area contributed by atoms with Crippen LogP contribution in [0.15, 0.2) is 79.8 Å². The predicted octanol–water partition coefficient (Wildman–Crippen LogP) is 4.59. The highest BCUT2D eigenvalue weighted by atomic mass is 19.4. The molecule has 3 heterocycles. The first-order valence-corrected chi connectivity index (χ1v) is 10.1. The number of aliphatic carboxylic acids is 1. The summed E-state index contributed by atoms with van der Waals surface area (Å²) in [5.41, 5.74) is 4.99. The molecule has 5 aromatic rings. The molecule has 0 amide bonds. The number of aromatic nitrogens is 6. The molecule has 12 heteroatoms. The van der Waals surface area contributed by atoms with E-state index in [1.54, 1.807) is 17.2 Å². The van der Waals surface area contributed by atoms with E-state index < -0.39 is 12.1 Å². The lowest BCUT2D eigenvalue weighted by Gasteiger charge is -2.08. The van der Waals surface area contributed by atoms with Gasteiger partial charge in [-0.25, -0.2) is 19.7 Å². The van der Waals surface area contributed by atoms with Crippen LogP contribution >= 0.6 is 0 Å². The number of nitrogens with one attached hydrogen (secondary N) is 1. The minimum Gasteiger partial charge on any atom is -0.475 e. The molecule has 0 fully saturated rings. The van der Waals surface area contributed by atoms with Crippen molar-refractivity contribution in [3.8, 4) is 16.8 Å². The fraction of sp³-hybridized carbons (Fsp3) is 0.0870. The summed E-state index contributed by atoms with van der Waals surface area (Å²) in [6, 6.07) is 14.2. The molecule has 3 aromatic heterocycles. The number of imidazole rings is 1. The topological polar surface area (TPSA) is 111 Å². The van der Waals surface area contributed by atoms with Crippen molar-refractivity contribution < 1.29 is 23.1 Å². The molecule has 2 aromatic carbocycles. The summed E-state index contributed by atoms with van der Waals surface area (Å²) < 4.78 is 35.5. The third-order valence-corrected chi connectivity index (χ3v) is 4.79. The normalized spacial score (nSPS) is 11.1. The molecule has 0 saturated heterocycles. The van der Waals surface area contributed by atoms with Gasteiger partial charge in [0, 0.05) is 54.2 Å². The van der Waals surface area contributed by atoms with Gasteiger partial charge in [0.25, 0.3) is 0 Å². The van der Waals surface area contributed by atoms with Crippen molar-refractivity contribution in [1.82, 2.24) is 29.3 Å². The van der Waals surface area contributed by atoms with Crippen LogP contribution in [0.5, 0.6) is 0 Å². The van der Waals surface area contributed by atoms with Crippen LogP contribution in [0.3, 0.4) is 0 Å². The minimum absolute atomic E-state index is 0.561. The maximum Gasteiger partial charge on any atom is 0.490 e. The SMILES string of the molecule is Cn1cc(-c2ccc3cnc(Nc4ccc(-n5ccnc5)cc4)nc3c2)cn1.O=C(O)C(F)(F)F. The Hall–Kier alpha value is -4.74. The molecule has 5 rings (SSSR count). The number of rotatable bonds is 4. The van der Waals surface area contributed by atoms with E-state index in [4.69, 9.17) is 9.90 Å². The first-order chi connectivity index (χ1) is 16.7. The van der Waals surface area contributed by atoms with Gasteiger partial charge in [0.1, 0.15) is 0 Å². The summed E-state index contributed by atoms with van der Waals surface area (Å²) in [5, 5.41) is 15.6. The number of aryl methyl sites for hydroxylation is 1. The summed E-state index contributed by atoms with van der Waals surface area (Å²) in [4.78, 5) is 22.1. The van der Waals surface area contributed by atoms with Crippen molar-refractivity contribution in [1.29, 1.82) is 0 Å². The average Bonchev–Trinajstić information content (AvgIpc) is 3.51. The van der Waals surface area contributed by atoms with Crippen LogP contribution in [0, 0.1) is 0 Å². The standard InChI is InChI=1S/C21H17N7.C2HF3O2/c1-27-13-17(12-24-27)15-2-3-16-11-23-21(26-20(16)10-15)25-18-4-6-19(7-5-18)28-9-8-22-14-28;3-2(4,5)1(6)7/h2-14H,1H3,(H,23,25,26);(H,6,7). The molecule has 0 aliphatic carbocycles. The van der Waals surface area contributed by atoms with E-state index in [1.807, 2.05) is 66.7 Å². The smallest absolute Gasteiger partial charge is 0.475 e. The van der Waals surface area contributed by atoms with E-state index in [0.717, 1.165) is 33.4 Å². The first-order valence-electron chi connectivity index (χ1n) is 10.1. The monoisotopic (exact) mass is 481 g/mol.